The predicted molar refractivity (Wildman–Crippen MR) is 142 cm³/mol. The zero-order chi connectivity index (χ0) is 25.7. The monoisotopic (exact) mass is 548 g/mol. The highest BCUT2D eigenvalue weighted by atomic mass is 35.5. The smallest absolute Gasteiger partial charge is 0.322 e. The van der Waals surface area contributed by atoms with Crippen molar-refractivity contribution in [2.24, 2.45) is 0 Å². The van der Waals surface area contributed by atoms with Crippen molar-refractivity contribution in [2.45, 2.75) is 18.1 Å². The van der Waals surface area contributed by atoms with Gasteiger partial charge in [-0.3, -0.25) is 4.79 Å². The quantitative estimate of drug-likeness (QED) is 0.243. The molecule has 188 valence electrons. The molecule has 2 N–H and O–H groups in total. The molecule has 1 aromatic heterocycles. The molecule has 0 unspecified atom stereocenters. The Balaban J connectivity index is 1.35. The van der Waals surface area contributed by atoms with Gasteiger partial charge >= 0.3 is 6.03 Å². The molecule has 4 rings (SSSR count). The molecule has 36 heavy (non-hydrogen) atoms. The molecule has 0 radical (unpaired) electrons. The first-order valence-corrected chi connectivity index (χ1v) is 12.8. The largest absolute Gasteiger partial charge is 0.353 e. The van der Waals surface area contributed by atoms with Crippen molar-refractivity contribution >= 4 is 64.1 Å². The number of nitrogens with zero attached hydrogens (tertiary/aromatic N) is 4. The molecule has 0 saturated carbocycles. The van der Waals surface area contributed by atoms with E-state index in [1.165, 1.54) is 12.1 Å². The van der Waals surface area contributed by atoms with Gasteiger partial charge in [0.1, 0.15) is 16.8 Å². The molecule has 1 aliphatic rings. The highest BCUT2D eigenvalue weighted by molar-refractivity contribution is 7.99. The van der Waals surface area contributed by atoms with E-state index in [9.17, 15) is 14.0 Å². The van der Waals surface area contributed by atoms with Gasteiger partial charge in [-0.05, 0) is 37.3 Å². The van der Waals surface area contributed by atoms with Crippen LogP contribution in [0.4, 0.5) is 26.4 Å². The number of aromatic nitrogens is 2. The third-order valence-electron chi connectivity index (χ3n) is 5.43. The molecule has 1 fully saturated rings. The van der Waals surface area contributed by atoms with Crippen LogP contribution in [0.5, 0.6) is 0 Å². The van der Waals surface area contributed by atoms with Crippen molar-refractivity contribution in [3.63, 3.8) is 0 Å². The molecule has 0 spiro atoms. The molecule has 1 saturated heterocycles. The summed E-state index contributed by atoms with van der Waals surface area (Å²) in [6.07, 6.45) is 0. The number of amides is 3. The van der Waals surface area contributed by atoms with E-state index in [-0.39, 0.29) is 34.6 Å². The van der Waals surface area contributed by atoms with Gasteiger partial charge in [-0.2, -0.15) is 0 Å². The van der Waals surface area contributed by atoms with Crippen molar-refractivity contribution in [3.05, 3.63) is 70.6 Å². The summed E-state index contributed by atoms with van der Waals surface area (Å²) in [5.74, 6) is -0.300. The van der Waals surface area contributed by atoms with Gasteiger partial charge in [0.2, 0.25) is 5.91 Å². The van der Waals surface area contributed by atoms with Crippen molar-refractivity contribution in [2.75, 3.05) is 40.9 Å². The SMILES string of the molecule is C[C@@H]1CN(c2cc(Cl)nc(SCC(=O)Nc3ccccc3F)n2)CCN1C(=O)Nc1cccc(Cl)c1. The van der Waals surface area contributed by atoms with E-state index in [0.29, 0.717) is 41.3 Å². The number of hydrogen-bond donors (Lipinski definition) is 2. The van der Waals surface area contributed by atoms with Crippen LogP contribution in [-0.2, 0) is 4.79 Å². The van der Waals surface area contributed by atoms with Gasteiger partial charge in [-0.1, -0.05) is 53.2 Å². The van der Waals surface area contributed by atoms with Crippen molar-refractivity contribution in [1.29, 1.82) is 0 Å². The van der Waals surface area contributed by atoms with Crippen LogP contribution in [0.25, 0.3) is 0 Å². The number of piperazine rings is 1. The van der Waals surface area contributed by atoms with Crippen LogP contribution >= 0.6 is 35.0 Å². The maximum absolute atomic E-state index is 13.8. The van der Waals surface area contributed by atoms with Gasteiger partial charge in [0.05, 0.1) is 11.4 Å². The van der Waals surface area contributed by atoms with Crippen LogP contribution in [0.1, 0.15) is 6.92 Å². The van der Waals surface area contributed by atoms with Crippen LogP contribution in [0, 0.1) is 5.82 Å². The van der Waals surface area contributed by atoms with E-state index in [4.69, 9.17) is 23.2 Å². The Bertz CT molecular complexity index is 1270. The lowest BCUT2D eigenvalue weighted by atomic mass is 10.2. The number of urea groups is 1. The van der Waals surface area contributed by atoms with E-state index in [1.54, 1.807) is 47.4 Å². The molecule has 3 amide bonds. The van der Waals surface area contributed by atoms with E-state index in [0.717, 1.165) is 11.8 Å². The van der Waals surface area contributed by atoms with Crippen LogP contribution in [0.15, 0.2) is 59.8 Å². The number of para-hydroxylation sites is 1. The van der Waals surface area contributed by atoms with E-state index in [2.05, 4.69) is 20.6 Å². The molecular formula is C24H23Cl2FN6O2S. The summed E-state index contributed by atoms with van der Waals surface area (Å²) in [5.41, 5.74) is 0.743. The van der Waals surface area contributed by atoms with Gasteiger partial charge in [0.25, 0.3) is 0 Å². The zero-order valence-corrected chi connectivity index (χ0v) is 21.6. The maximum atomic E-state index is 13.8. The second-order valence-corrected chi connectivity index (χ2v) is 9.84. The summed E-state index contributed by atoms with van der Waals surface area (Å²) in [5, 5.41) is 6.52. The normalized spacial score (nSPS) is 15.5. The predicted octanol–water partition coefficient (Wildman–Crippen LogP) is 5.40. The minimum Gasteiger partial charge on any atom is -0.353 e. The third-order valence-corrected chi connectivity index (χ3v) is 6.71. The molecular weight excluding hydrogens is 526 g/mol. The molecule has 0 bridgehead atoms. The lowest BCUT2D eigenvalue weighted by Crippen LogP contribution is -2.55. The summed E-state index contributed by atoms with van der Waals surface area (Å²) >= 11 is 13.3. The fraction of sp³-hybridized carbons (Fsp3) is 0.250. The average Bonchev–Trinajstić information content (AvgIpc) is 2.84. The Morgan fingerprint density at radius 2 is 1.89 bits per heavy atom. The summed E-state index contributed by atoms with van der Waals surface area (Å²) < 4.78 is 13.8. The first-order chi connectivity index (χ1) is 17.3. The fourth-order valence-corrected chi connectivity index (χ4v) is 4.79. The Labute approximate surface area is 222 Å². The highest BCUT2D eigenvalue weighted by Gasteiger charge is 2.28. The number of anilines is 3. The molecule has 12 heteroatoms. The molecule has 2 aromatic carbocycles. The van der Waals surface area contributed by atoms with Crippen molar-refractivity contribution < 1.29 is 14.0 Å². The summed E-state index contributed by atoms with van der Waals surface area (Å²) in [6, 6.07) is 14.3. The van der Waals surface area contributed by atoms with E-state index in [1.807, 2.05) is 11.8 Å². The van der Waals surface area contributed by atoms with Crippen LogP contribution in [-0.4, -0.2) is 58.2 Å². The van der Waals surface area contributed by atoms with Crippen molar-refractivity contribution in [1.82, 2.24) is 14.9 Å². The standard InChI is InChI=1S/C24H23Cl2FN6O2S/c1-15-13-32(9-10-33(15)24(35)28-17-6-4-5-16(25)11-17)21-12-20(26)30-23(31-21)36-14-22(34)29-19-8-3-2-7-18(19)27/h2-8,11-12,15H,9-10,13-14H2,1H3,(H,28,35)(H,29,34)/t15-/m1/s1. The molecule has 3 aromatic rings. The summed E-state index contributed by atoms with van der Waals surface area (Å²) in [4.78, 5) is 37.5. The second kappa shape index (κ2) is 11.8. The number of hydrogen-bond acceptors (Lipinski definition) is 6. The van der Waals surface area contributed by atoms with Gasteiger partial charge in [-0.25, -0.2) is 19.2 Å². The molecule has 1 aliphatic heterocycles. The fourth-order valence-electron chi connectivity index (χ4n) is 3.72. The van der Waals surface area contributed by atoms with Gasteiger partial charge < -0.3 is 20.4 Å². The average molecular weight is 549 g/mol. The van der Waals surface area contributed by atoms with Gasteiger partial charge in [-0.15, -0.1) is 0 Å². The van der Waals surface area contributed by atoms with E-state index < -0.39 is 5.82 Å². The number of thioether (sulfide) groups is 1. The number of benzene rings is 2. The van der Waals surface area contributed by atoms with E-state index >= 15 is 0 Å². The summed E-state index contributed by atoms with van der Waals surface area (Å²) in [7, 11) is 0. The maximum Gasteiger partial charge on any atom is 0.322 e. The lowest BCUT2D eigenvalue weighted by Gasteiger charge is -2.40. The minimum absolute atomic E-state index is 0.0119. The second-order valence-electron chi connectivity index (χ2n) is 8.08. The third kappa shape index (κ3) is 6.77. The number of halogens is 3. The Kier molecular flexibility index (Phi) is 8.50. The number of nitrogens with one attached hydrogen (secondary N) is 2. The molecule has 0 aliphatic carbocycles. The molecule has 1 atom stereocenters. The zero-order valence-electron chi connectivity index (χ0n) is 19.2. The number of carbonyl (C=O) groups is 2. The highest BCUT2D eigenvalue weighted by Crippen LogP contribution is 2.25. The first kappa shape index (κ1) is 26.0. The Hall–Kier alpha value is -3.08. The number of rotatable bonds is 6. The molecule has 2 heterocycles. The van der Waals surface area contributed by atoms with Crippen LogP contribution < -0.4 is 15.5 Å². The topological polar surface area (TPSA) is 90.5 Å². The molecule has 8 nitrogen and oxygen atoms in total. The lowest BCUT2D eigenvalue weighted by molar-refractivity contribution is -0.113. The van der Waals surface area contributed by atoms with Crippen LogP contribution in [0.3, 0.4) is 0 Å². The Morgan fingerprint density at radius 1 is 1.08 bits per heavy atom. The van der Waals surface area contributed by atoms with Gasteiger partial charge in [0.15, 0.2) is 5.16 Å². The number of carbonyl (C=O) groups excluding carboxylic acids is 2. The van der Waals surface area contributed by atoms with Crippen LogP contribution in [0.2, 0.25) is 10.2 Å². The summed E-state index contributed by atoms with van der Waals surface area (Å²) in [6.45, 7) is 3.50. The van der Waals surface area contributed by atoms with Crippen molar-refractivity contribution in [3.8, 4) is 0 Å². The first-order valence-electron chi connectivity index (χ1n) is 11.1. The van der Waals surface area contributed by atoms with Gasteiger partial charge in [0, 0.05) is 42.5 Å². The Morgan fingerprint density at radius 3 is 2.64 bits per heavy atom. The minimum atomic E-state index is -0.508.